The van der Waals surface area contributed by atoms with Gasteiger partial charge >= 0.3 is 5.97 Å². The van der Waals surface area contributed by atoms with Crippen LogP contribution in [0.15, 0.2) is 16.7 Å². The van der Waals surface area contributed by atoms with Crippen molar-refractivity contribution in [1.29, 1.82) is 0 Å². The molecule has 0 bridgehead atoms. The summed E-state index contributed by atoms with van der Waals surface area (Å²) in [5.41, 5.74) is 0.350. The first-order valence-electron chi connectivity index (χ1n) is 5.91. The van der Waals surface area contributed by atoms with Gasteiger partial charge in [-0.05, 0) is 54.9 Å². The fourth-order valence-electron chi connectivity index (χ4n) is 2.39. The highest BCUT2D eigenvalue weighted by Crippen LogP contribution is 2.18. The lowest BCUT2D eigenvalue weighted by Crippen LogP contribution is -2.34. The van der Waals surface area contributed by atoms with Gasteiger partial charge in [0.1, 0.15) is 5.69 Å². The van der Waals surface area contributed by atoms with E-state index in [0.29, 0.717) is 11.7 Å². The van der Waals surface area contributed by atoms with Crippen LogP contribution in [0, 0.1) is 0 Å². The van der Waals surface area contributed by atoms with E-state index in [9.17, 15) is 4.79 Å². The van der Waals surface area contributed by atoms with Gasteiger partial charge in [-0.25, -0.2) is 4.79 Å². The van der Waals surface area contributed by atoms with Crippen molar-refractivity contribution in [1.82, 2.24) is 9.47 Å². The first-order valence-corrected chi connectivity index (χ1v) is 6.70. The van der Waals surface area contributed by atoms with Gasteiger partial charge in [0.2, 0.25) is 0 Å². The van der Waals surface area contributed by atoms with Crippen LogP contribution in [-0.2, 0) is 6.54 Å². The zero-order valence-electron chi connectivity index (χ0n) is 9.90. The molecule has 0 aromatic carbocycles. The third-order valence-corrected chi connectivity index (χ3v) is 3.74. The molecule has 1 aliphatic heterocycles. The molecular weight excluding hydrogens is 284 g/mol. The maximum absolute atomic E-state index is 11.1. The fourth-order valence-corrected chi connectivity index (χ4v) is 2.85. The summed E-state index contributed by atoms with van der Waals surface area (Å²) in [4.78, 5) is 13.5. The van der Waals surface area contributed by atoms with E-state index in [1.54, 1.807) is 6.07 Å². The molecule has 1 aromatic heterocycles. The molecule has 0 aliphatic carbocycles. The molecule has 1 atom stereocenters. The summed E-state index contributed by atoms with van der Waals surface area (Å²) >= 11 is 3.33. The molecule has 5 heteroatoms. The lowest BCUT2D eigenvalue weighted by Gasteiger charge is -2.24. The summed E-state index contributed by atoms with van der Waals surface area (Å²) in [6.07, 6.45) is 4.35. The van der Waals surface area contributed by atoms with Crippen LogP contribution in [0.2, 0.25) is 0 Å². The maximum atomic E-state index is 11.1. The van der Waals surface area contributed by atoms with Gasteiger partial charge in [-0.1, -0.05) is 0 Å². The van der Waals surface area contributed by atoms with Crippen LogP contribution >= 0.6 is 15.9 Å². The third kappa shape index (κ3) is 2.90. The summed E-state index contributed by atoms with van der Waals surface area (Å²) in [7, 11) is 0. The Morgan fingerprint density at radius 1 is 1.53 bits per heavy atom. The van der Waals surface area contributed by atoms with Gasteiger partial charge in [-0.2, -0.15) is 0 Å². The molecule has 0 spiro atoms. The molecule has 0 saturated carbocycles. The number of likely N-dealkylation sites (tertiary alicyclic amines) is 1. The van der Waals surface area contributed by atoms with Crippen LogP contribution in [0.4, 0.5) is 0 Å². The smallest absolute Gasteiger partial charge is 0.352 e. The van der Waals surface area contributed by atoms with E-state index in [1.165, 1.54) is 12.8 Å². The van der Waals surface area contributed by atoms with Gasteiger partial charge in [0.15, 0.2) is 0 Å². The van der Waals surface area contributed by atoms with Crippen LogP contribution in [0.1, 0.15) is 30.3 Å². The number of carboxylic acids is 1. The second kappa shape index (κ2) is 5.23. The number of rotatable bonds is 4. The predicted octanol–water partition coefficient (Wildman–Crippen LogP) is 2.43. The Kier molecular flexibility index (Phi) is 3.89. The Morgan fingerprint density at radius 2 is 2.18 bits per heavy atom. The fraction of sp³-hybridized carbons (Fsp3) is 0.583. The van der Waals surface area contributed by atoms with Crippen molar-refractivity contribution in [2.75, 3.05) is 13.1 Å². The van der Waals surface area contributed by atoms with Crippen molar-refractivity contribution in [3.8, 4) is 0 Å². The first-order chi connectivity index (χ1) is 8.08. The van der Waals surface area contributed by atoms with Crippen molar-refractivity contribution < 1.29 is 9.90 Å². The SMILES string of the molecule is CC(Cn1cc(Br)cc1C(=O)O)N1CCCC1. The standard InChI is InChI=1S/C12H17BrN2O2/c1-9(14-4-2-3-5-14)7-15-8-10(13)6-11(15)12(16)17/h6,8-9H,2-5,7H2,1H3,(H,16,17). The highest BCUT2D eigenvalue weighted by atomic mass is 79.9. The predicted molar refractivity (Wildman–Crippen MR) is 69.4 cm³/mol. The molecule has 1 saturated heterocycles. The first kappa shape index (κ1) is 12.6. The van der Waals surface area contributed by atoms with E-state index in [2.05, 4.69) is 27.8 Å². The number of nitrogens with zero attached hydrogens (tertiary/aromatic N) is 2. The second-order valence-electron chi connectivity index (χ2n) is 4.59. The van der Waals surface area contributed by atoms with E-state index in [1.807, 2.05) is 10.8 Å². The molecule has 1 aromatic rings. The van der Waals surface area contributed by atoms with Crippen LogP contribution in [0.5, 0.6) is 0 Å². The summed E-state index contributed by atoms with van der Waals surface area (Å²) in [5, 5.41) is 9.10. The van der Waals surface area contributed by atoms with Crippen molar-refractivity contribution >= 4 is 21.9 Å². The second-order valence-corrected chi connectivity index (χ2v) is 5.51. The molecule has 0 amide bonds. The van der Waals surface area contributed by atoms with Crippen LogP contribution in [0.25, 0.3) is 0 Å². The lowest BCUT2D eigenvalue weighted by atomic mass is 10.3. The number of carboxylic acid groups (broad SMARTS) is 1. The molecule has 17 heavy (non-hydrogen) atoms. The van der Waals surface area contributed by atoms with Gasteiger partial charge in [0.05, 0.1) is 0 Å². The van der Waals surface area contributed by atoms with E-state index < -0.39 is 5.97 Å². The zero-order valence-corrected chi connectivity index (χ0v) is 11.5. The van der Waals surface area contributed by atoms with Crippen LogP contribution in [-0.4, -0.2) is 39.7 Å². The van der Waals surface area contributed by atoms with Gasteiger partial charge in [0, 0.05) is 23.3 Å². The zero-order chi connectivity index (χ0) is 12.4. The molecule has 94 valence electrons. The number of aromatic nitrogens is 1. The quantitative estimate of drug-likeness (QED) is 0.929. The van der Waals surface area contributed by atoms with Crippen LogP contribution in [0.3, 0.4) is 0 Å². The molecule has 1 aliphatic rings. The Balaban J connectivity index is 2.09. The topological polar surface area (TPSA) is 45.5 Å². The minimum atomic E-state index is -0.871. The number of hydrogen-bond acceptors (Lipinski definition) is 2. The number of carbonyl (C=O) groups is 1. The van der Waals surface area contributed by atoms with Crippen molar-refractivity contribution in [2.24, 2.45) is 0 Å². The van der Waals surface area contributed by atoms with Gasteiger partial charge in [0.25, 0.3) is 0 Å². The third-order valence-electron chi connectivity index (χ3n) is 3.31. The largest absolute Gasteiger partial charge is 0.477 e. The Morgan fingerprint density at radius 3 is 2.76 bits per heavy atom. The molecule has 4 nitrogen and oxygen atoms in total. The molecule has 1 unspecified atom stereocenters. The number of halogens is 1. The van der Waals surface area contributed by atoms with E-state index >= 15 is 0 Å². The maximum Gasteiger partial charge on any atom is 0.352 e. The highest BCUT2D eigenvalue weighted by molar-refractivity contribution is 9.10. The van der Waals surface area contributed by atoms with Crippen molar-refractivity contribution in [3.63, 3.8) is 0 Å². The van der Waals surface area contributed by atoms with Gasteiger partial charge in [-0.15, -0.1) is 0 Å². The molecule has 2 rings (SSSR count). The summed E-state index contributed by atoms with van der Waals surface area (Å²) in [5.74, 6) is -0.871. The number of aromatic carboxylic acids is 1. The Bertz CT molecular complexity index is 411. The molecule has 2 heterocycles. The van der Waals surface area contributed by atoms with Crippen LogP contribution < -0.4 is 0 Å². The van der Waals surface area contributed by atoms with Gasteiger partial charge < -0.3 is 9.67 Å². The highest BCUT2D eigenvalue weighted by Gasteiger charge is 2.20. The van der Waals surface area contributed by atoms with Gasteiger partial charge in [-0.3, -0.25) is 4.90 Å². The average Bonchev–Trinajstić information content (AvgIpc) is 2.86. The van der Waals surface area contributed by atoms with Crippen molar-refractivity contribution in [2.45, 2.75) is 32.4 Å². The minimum Gasteiger partial charge on any atom is -0.477 e. The Hall–Kier alpha value is -0.810. The average molecular weight is 301 g/mol. The van der Waals surface area contributed by atoms with E-state index in [0.717, 1.165) is 24.1 Å². The molecule has 0 radical (unpaired) electrons. The number of hydrogen-bond donors (Lipinski definition) is 1. The minimum absolute atomic E-state index is 0.350. The molecular formula is C12H17BrN2O2. The normalized spacial score (nSPS) is 18.5. The van der Waals surface area contributed by atoms with Crippen molar-refractivity contribution in [3.05, 3.63) is 22.4 Å². The van der Waals surface area contributed by atoms with E-state index in [-0.39, 0.29) is 0 Å². The monoisotopic (exact) mass is 300 g/mol. The Labute approximate surface area is 109 Å². The molecule has 1 N–H and O–H groups in total. The summed E-state index contributed by atoms with van der Waals surface area (Å²) < 4.78 is 2.64. The van der Waals surface area contributed by atoms with E-state index in [4.69, 9.17) is 5.11 Å². The lowest BCUT2D eigenvalue weighted by molar-refractivity contribution is 0.0683. The summed E-state index contributed by atoms with van der Waals surface area (Å²) in [6.45, 7) is 5.15. The summed E-state index contributed by atoms with van der Waals surface area (Å²) in [6, 6.07) is 2.04. The molecule has 1 fully saturated rings.